The molecule has 0 aromatic carbocycles. The fourth-order valence-corrected chi connectivity index (χ4v) is 0.751. The van der Waals surface area contributed by atoms with E-state index in [-0.39, 0.29) is 18.4 Å². The van der Waals surface area contributed by atoms with Crippen molar-refractivity contribution in [3.63, 3.8) is 0 Å². The highest BCUT2D eigenvalue weighted by Crippen LogP contribution is 2.00. The minimum absolute atomic E-state index is 0. The average Bonchev–Trinajstić information content (AvgIpc) is 2.03. The second-order valence-electron chi connectivity index (χ2n) is 2.35. The summed E-state index contributed by atoms with van der Waals surface area (Å²) in [7, 11) is 1.34. The van der Waals surface area contributed by atoms with Crippen LogP contribution in [0.1, 0.15) is 19.3 Å². The molecule has 0 radical (unpaired) electrons. The summed E-state index contributed by atoms with van der Waals surface area (Å²) in [5, 5.41) is 0. The molecule has 0 bridgehead atoms. The molecule has 72 valence electrons. The van der Waals surface area contributed by atoms with Crippen molar-refractivity contribution in [2.45, 2.75) is 25.3 Å². The standard InChI is InChI=1S/C8H15NO2.ClH/c1-3-4-5-6-7(9)8(10)11-2;/h3,7H,1,4-6,9H2,2H3;1H. The van der Waals surface area contributed by atoms with E-state index in [9.17, 15) is 4.79 Å². The highest BCUT2D eigenvalue weighted by molar-refractivity contribution is 5.85. The van der Waals surface area contributed by atoms with E-state index in [2.05, 4.69) is 11.3 Å². The van der Waals surface area contributed by atoms with Crippen molar-refractivity contribution in [1.29, 1.82) is 0 Å². The van der Waals surface area contributed by atoms with E-state index in [1.807, 2.05) is 6.08 Å². The third-order valence-electron chi connectivity index (χ3n) is 1.43. The van der Waals surface area contributed by atoms with E-state index in [4.69, 9.17) is 5.73 Å². The molecule has 0 fully saturated rings. The quantitative estimate of drug-likeness (QED) is 0.407. The molecule has 0 aliphatic carbocycles. The number of carbonyl (C=O) groups is 1. The van der Waals surface area contributed by atoms with E-state index in [0.29, 0.717) is 6.42 Å². The molecule has 4 heteroatoms. The van der Waals surface area contributed by atoms with Gasteiger partial charge >= 0.3 is 5.97 Å². The topological polar surface area (TPSA) is 52.3 Å². The normalized spacial score (nSPS) is 11.2. The maximum Gasteiger partial charge on any atom is 0.322 e. The van der Waals surface area contributed by atoms with Gasteiger partial charge in [-0.15, -0.1) is 19.0 Å². The Morgan fingerprint density at radius 2 is 2.33 bits per heavy atom. The number of halogens is 1. The van der Waals surface area contributed by atoms with E-state index in [1.54, 1.807) is 0 Å². The summed E-state index contributed by atoms with van der Waals surface area (Å²) in [5.74, 6) is -0.339. The smallest absolute Gasteiger partial charge is 0.322 e. The maximum atomic E-state index is 10.7. The first-order valence-corrected chi connectivity index (χ1v) is 3.66. The summed E-state index contributed by atoms with van der Waals surface area (Å²) in [6, 6.07) is -0.472. The zero-order chi connectivity index (χ0) is 8.69. The molecule has 0 aliphatic rings. The fourth-order valence-electron chi connectivity index (χ4n) is 0.751. The predicted octanol–water partition coefficient (Wildman–Crippen LogP) is 1.26. The van der Waals surface area contributed by atoms with Gasteiger partial charge in [-0.3, -0.25) is 4.79 Å². The molecule has 0 spiro atoms. The molecule has 12 heavy (non-hydrogen) atoms. The molecular weight excluding hydrogens is 178 g/mol. The number of carbonyl (C=O) groups excluding carboxylic acids is 1. The largest absolute Gasteiger partial charge is 0.468 e. The van der Waals surface area contributed by atoms with Crippen molar-refractivity contribution in [2.75, 3.05) is 7.11 Å². The molecule has 2 N–H and O–H groups in total. The number of ether oxygens (including phenoxy) is 1. The van der Waals surface area contributed by atoms with Crippen LogP contribution in [0.15, 0.2) is 12.7 Å². The molecule has 1 unspecified atom stereocenters. The van der Waals surface area contributed by atoms with Crippen LogP contribution in [0.2, 0.25) is 0 Å². The summed E-state index contributed by atoms with van der Waals surface area (Å²) >= 11 is 0. The van der Waals surface area contributed by atoms with Crippen molar-refractivity contribution in [3.05, 3.63) is 12.7 Å². The van der Waals surface area contributed by atoms with Crippen LogP contribution in [0.4, 0.5) is 0 Å². The molecule has 0 rings (SSSR count). The Morgan fingerprint density at radius 3 is 2.75 bits per heavy atom. The monoisotopic (exact) mass is 193 g/mol. The lowest BCUT2D eigenvalue weighted by atomic mass is 10.1. The number of rotatable bonds is 5. The molecule has 0 aliphatic heterocycles. The minimum Gasteiger partial charge on any atom is -0.468 e. The number of hydrogen-bond acceptors (Lipinski definition) is 3. The lowest BCUT2D eigenvalue weighted by molar-refractivity contribution is -0.142. The van der Waals surface area contributed by atoms with Crippen LogP contribution >= 0.6 is 12.4 Å². The molecule has 0 amide bonds. The van der Waals surface area contributed by atoms with Gasteiger partial charge in [-0.25, -0.2) is 0 Å². The summed E-state index contributed by atoms with van der Waals surface area (Å²) in [6.07, 6.45) is 4.26. The summed E-state index contributed by atoms with van der Waals surface area (Å²) in [6.45, 7) is 3.57. The van der Waals surface area contributed by atoms with Gasteiger partial charge in [0.15, 0.2) is 0 Å². The van der Waals surface area contributed by atoms with Gasteiger partial charge in [-0.1, -0.05) is 6.08 Å². The maximum absolute atomic E-state index is 10.7. The predicted molar refractivity (Wildman–Crippen MR) is 51.3 cm³/mol. The number of esters is 1. The van der Waals surface area contributed by atoms with Crippen molar-refractivity contribution >= 4 is 18.4 Å². The molecule has 0 aromatic rings. The Kier molecular flexibility index (Phi) is 9.99. The van der Waals surface area contributed by atoms with Gasteiger partial charge in [0, 0.05) is 0 Å². The fraction of sp³-hybridized carbons (Fsp3) is 0.625. The third kappa shape index (κ3) is 6.19. The highest BCUT2D eigenvalue weighted by atomic mass is 35.5. The Labute approximate surface area is 79.4 Å². The van der Waals surface area contributed by atoms with Crippen LogP contribution in [-0.4, -0.2) is 19.1 Å². The molecular formula is C8H16ClNO2. The van der Waals surface area contributed by atoms with Crippen LogP contribution < -0.4 is 5.73 Å². The van der Waals surface area contributed by atoms with Crippen LogP contribution in [0.5, 0.6) is 0 Å². The summed E-state index contributed by atoms with van der Waals surface area (Å²) in [5.41, 5.74) is 5.46. The molecule has 1 atom stereocenters. The Morgan fingerprint density at radius 1 is 1.75 bits per heavy atom. The van der Waals surface area contributed by atoms with Gasteiger partial charge in [0.1, 0.15) is 6.04 Å². The van der Waals surface area contributed by atoms with Crippen molar-refractivity contribution in [2.24, 2.45) is 5.73 Å². The lowest BCUT2D eigenvalue weighted by Gasteiger charge is -2.06. The first kappa shape index (κ1) is 14.0. The Hall–Kier alpha value is -0.540. The average molecular weight is 194 g/mol. The summed E-state index contributed by atoms with van der Waals surface area (Å²) < 4.78 is 4.45. The Balaban J connectivity index is 0. The van der Waals surface area contributed by atoms with Gasteiger partial charge in [0.05, 0.1) is 7.11 Å². The van der Waals surface area contributed by atoms with E-state index in [0.717, 1.165) is 12.8 Å². The lowest BCUT2D eigenvalue weighted by Crippen LogP contribution is -2.31. The molecule has 0 saturated heterocycles. The van der Waals surface area contributed by atoms with Crippen molar-refractivity contribution in [1.82, 2.24) is 0 Å². The second-order valence-corrected chi connectivity index (χ2v) is 2.35. The van der Waals surface area contributed by atoms with Gasteiger partial charge in [-0.2, -0.15) is 0 Å². The van der Waals surface area contributed by atoms with E-state index < -0.39 is 6.04 Å². The van der Waals surface area contributed by atoms with Crippen LogP contribution in [0, 0.1) is 0 Å². The highest BCUT2D eigenvalue weighted by Gasteiger charge is 2.11. The van der Waals surface area contributed by atoms with Crippen LogP contribution in [0.25, 0.3) is 0 Å². The van der Waals surface area contributed by atoms with Gasteiger partial charge < -0.3 is 10.5 Å². The Bertz CT molecular complexity index is 139. The first-order chi connectivity index (χ1) is 5.22. The summed E-state index contributed by atoms with van der Waals surface area (Å²) in [4.78, 5) is 10.7. The molecule has 3 nitrogen and oxygen atoms in total. The zero-order valence-electron chi connectivity index (χ0n) is 7.29. The van der Waals surface area contributed by atoms with Gasteiger partial charge in [0.25, 0.3) is 0 Å². The number of nitrogens with two attached hydrogens (primary N) is 1. The van der Waals surface area contributed by atoms with Crippen molar-refractivity contribution in [3.8, 4) is 0 Å². The number of unbranched alkanes of at least 4 members (excludes halogenated alkanes) is 1. The van der Waals surface area contributed by atoms with Crippen molar-refractivity contribution < 1.29 is 9.53 Å². The second kappa shape index (κ2) is 8.56. The number of hydrogen-bond donors (Lipinski definition) is 1. The first-order valence-electron chi connectivity index (χ1n) is 3.66. The third-order valence-corrected chi connectivity index (χ3v) is 1.43. The SMILES string of the molecule is C=CCCCC(N)C(=O)OC.Cl. The number of methoxy groups -OCH3 is 1. The molecule has 0 saturated carbocycles. The van der Waals surface area contributed by atoms with E-state index in [1.165, 1.54) is 7.11 Å². The minimum atomic E-state index is -0.472. The van der Waals surface area contributed by atoms with Gasteiger partial charge in [-0.05, 0) is 19.3 Å². The van der Waals surface area contributed by atoms with Crippen LogP contribution in [-0.2, 0) is 9.53 Å². The number of allylic oxidation sites excluding steroid dienone is 1. The van der Waals surface area contributed by atoms with E-state index >= 15 is 0 Å². The zero-order valence-corrected chi connectivity index (χ0v) is 8.10. The molecule has 0 aromatic heterocycles. The molecule has 0 heterocycles. The van der Waals surface area contributed by atoms with Gasteiger partial charge in [0.2, 0.25) is 0 Å². The van der Waals surface area contributed by atoms with Crippen LogP contribution in [0.3, 0.4) is 0 Å².